The number of piperazine rings is 1. The van der Waals surface area contributed by atoms with Crippen LogP contribution in [-0.2, 0) is 0 Å². The SMILES string of the molecule is COc1ccccc1N=C(NC(=O)c1ccc(Br)cc1)N1CCN(C)CC1. The van der Waals surface area contributed by atoms with Gasteiger partial charge in [-0.25, -0.2) is 4.99 Å². The topological polar surface area (TPSA) is 57.2 Å². The number of amides is 1. The van der Waals surface area contributed by atoms with E-state index in [1.807, 2.05) is 36.4 Å². The Bertz CT molecular complexity index is 815. The van der Waals surface area contributed by atoms with Crippen LogP contribution in [0.4, 0.5) is 5.69 Å². The molecule has 6 nitrogen and oxygen atoms in total. The number of carbonyl (C=O) groups excluding carboxylic acids is 1. The van der Waals surface area contributed by atoms with E-state index in [9.17, 15) is 4.79 Å². The first-order valence-electron chi connectivity index (χ1n) is 8.79. The Hall–Kier alpha value is -2.38. The van der Waals surface area contributed by atoms with Crippen LogP contribution in [0.25, 0.3) is 0 Å². The Balaban J connectivity index is 1.88. The summed E-state index contributed by atoms with van der Waals surface area (Å²) in [5, 5.41) is 2.98. The van der Waals surface area contributed by atoms with Crippen LogP contribution in [0.2, 0.25) is 0 Å². The van der Waals surface area contributed by atoms with Crippen molar-refractivity contribution in [2.45, 2.75) is 0 Å². The molecule has 0 unspecified atom stereocenters. The van der Waals surface area contributed by atoms with Gasteiger partial charge in [0, 0.05) is 36.2 Å². The highest BCUT2D eigenvalue weighted by Crippen LogP contribution is 2.26. The molecule has 2 aromatic rings. The second kappa shape index (κ2) is 9.01. The molecule has 1 aliphatic heterocycles. The van der Waals surface area contributed by atoms with Gasteiger partial charge in [-0.3, -0.25) is 10.1 Å². The number of ether oxygens (including phenoxy) is 1. The summed E-state index contributed by atoms with van der Waals surface area (Å²) in [6, 6.07) is 14.8. The van der Waals surface area contributed by atoms with E-state index in [2.05, 4.69) is 38.1 Å². The van der Waals surface area contributed by atoms with Crippen molar-refractivity contribution >= 4 is 33.5 Å². The summed E-state index contributed by atoms with van der Waals surface area (Å²) < 4.78 is 6.33. The fourth-order valence-corrected chi connectivity index (χ4v) is 3.07. The number of hydrogen-bond acceptors (Lipinski definition) is 4. The fourth-order valence-electron chi connectivity index (χ4n) is 2.81. The van der Waals surface area contributed by atoms with Crippen LogP contribution in [0, 0.1) is 0 Å². The van der Waals surface area contributed by atoms with E-state index in [-0.39, 0.29) is 5.91 Å². The number of guanidine groups is 1. The first kappa shape index (κ1) is 19.4. The third-order valence-electron chi connectivity index (χ3n) is 4.45. The number of benzene rings is 2. The predicted molar refractivity (Wildman–Crippen MR) is 111 cm³/mol. The van der Waals surface area contributed by atoms with Gasteiger partial charge < -0.3 is 14.5 Å². The van der Waals surface area contributed by atoms with Gasteiger partial charge in [0.05, 0.1) is 7.11 Å². The summed E-state index contributed by atoms with van der Waals surface area (Å²) in [4.78, 5) is 21.8. The number of carbonyl (C=O) groups is 1. The van der Waals surface area contributed by atoms with Gasteiger partial charge >= 0.3 is 0 Å². The summed E-state index contributed by atoms with van der Waals surface area (Å²) >= 11 is 3.39. The Morgan fingerprint density at radius 3 is 2.41 bits per heavy atom. The predicted octanol–water partition coefficient (Wildman–Crippen LogP) is 3.12. The Morgan fingerprint density at radius 2 is 1.74 bits per heavy atom. The van der Waals surface area contributed by atoms with E-state index < -0.39 is 0 Å². The molecule has 0 spiro atoms. The van der Waals surface area contributed by atoms with Crippen molar-refractivity contribution in [3.63, 3.8) is 0 Å². The van der Waals surface area contributed by atoms with Crippen molar-refractivity contribution in [3.05, 3.63) is 58.6 Å². The van der Waals surface area contributed by atoms with E-state index in [0.29, 0.717) is 23.0 Å². The molecule has 1 N–H and O–H groups in total. The summed E-state index contributed by atoms with van der Waals surface area (Å²) in [6.45, 7) is 3.42. The normalized spacial score (nSPS) is 15.5. The van der Waals surface area contributed by atoms with Crippen LogP contribution in [0.3, 0.4) is 0 Å². The number of nitrogens with one attached hydrogen (secondary N) is 1. The van der Waals surface area contributed by atoms with Gasteiger partial charge in [-0.2, -0.15) is 0 Å². The molecule has 0 saturated carbocycles. The molecule has 0 aromatic heterocycles. The summed E-state index contributed by atoms with van der Waals surface area (Å²) in [7, 11) is 3.71. The molecule has 1 amide bonds. The molecule has 1 saturated heterocycles. The molecule has 2 aromatic carbocycles. The highest BCUT2D eigenvalue weighted by atomic mass is 79.9. The standard InChI is InChI=1S/C20H23BrN4O2/c1-24-11-13-25(14-12-24)20(22-17-5-3-4-6-18(17)27-2)23-19(26)15-7-9-16(21)10-8-15/h3-10H,11-14H2,1-2H3,(H,22,23,26). The Kier molecular flexibility index (Phi) is 6.47. The molecule has 0 atom stereocenters. The maximum absolute atomic E-state index is 12.7. The number of para-hydroxylation sites is 2. The fraction of sp³-hybridized carbons (Fsp3) is 0.300. The van der Waals surface area contributed by atoms with Gasteiger partial charge in [0.1, 0.15) is 11.4 Å². The maximum atomic E-state index is 12.7. The molecule has 142 valence electrons. The lowest BCUT2D eigenvalue weighted by Crippen LogP contribution is -2.52. The van der Waals surface area contributed by atoms with E-state index in [1.54, 1.807) is 19.2 Å². The third kappa shape index (κ3) is 5.08. The first-order chi connectivity index (χ1) is 13.1. The van der Waals surface area contributed by atoms with Gasteiger partial charge in [0.15, 0.2) is 0 Å². The zero-order valence-corrected chi connectivity index (χ0v) is 17.1. The molecule has 27 heavy (non-hydrogen) atoms. The zero-order valence-electron chi connectivity index (χ0n) is 15.5. The van der Waals surface area contributed by atoms with Crippen LogP contribution in [0.1, 0.15) is 10.4 Å². The molecule has 0 bridgehead atoms. The molecular formula is C20H23BrN4O2. The molecule has 1 aliphatic rings. The van der Waals surface area contributed by atoms with Crippen LogP contribution < -0.4 is 10.1 Å². The minimum Gasteiger partial charge on any atom is -0.494 e. The van der Waals surface area contributed by atoms with Crippen LogP contribution in [-0.4, -0.2) is 62.0 Å². The van der Waals surface area contributed by atoms with Crippen molar-refractivity contribution < 1.29 is 9.53 Å². The number of rotatable bonds is 3. The van der Waals surface area contributed by atoms with Gasteiger partial charge in [0.2, 0.25) is 5.96 Å². The lowest BCUT2D eigenvalue weighted by atomic mass is 10.2. The van der Waals surface area contributed by atoms with E-state index >= 15 is 0 Å². The molecule has 1 fully saturated rings. The smallest absolute Gasteiger partial charge is 0.257 e. The van der Waals surface area contributed by atoms with E-state index in [1.165, 1.54) is 0 Å². The van der Waals surface area contributed by atoms with E-state index in [0.717, 1.165) is 30.7 Å². The molecule has 0 radical (unpaired) electrons. The second-order valence-corrected chi connectivity index (χ2v) is 7.27. The largest absolute Gasteiger partial charge is 0.494 e. The first-order valence-corrected chi connectivity index (χ1v) is 9.58. The monoisotopic (exact) mass is 430 g/mol. The van der Waals surface area contributed by atoms with Gasteiger partial charge in [-0.15, -0.1) is 0 Å². The minimum absolute atomic E-state index is 0.185. The summed E-state index contributed by atoms with van der Waals surface area (Å²) in [6.07, 6.45) is 0. The van der Waals surface area contributed by atoms with Crippen molar-refractivity contribution in [3.8, 4) is 5.75 Å². The quantitative estimate of drug-likeness (QED) is 0.600. The van der Waals surface area contributed by atoms with Crippen LogP contribution in [0.5, 0.6) is 5.75 Å². The van der Waals surface area contributed by atoms with Crippen molar-refractivity contribution in [2.75, 3.05) is 40.3 Å². The number of nitrogens with zero attached hydrogens (tertiary/aromatic N) is 3. The third-order valence-corrected chi connectivity index (χ3v) is 4.97. The second-order valence-electron chi connectivity index (χ2n) is 6.36. The van der Waals surface area contributed by atoms with Gasteiger partial charge in [-0.1, -0.05) is 28.1 Å². The van der Waals surface area contributed by atoms with Crippen molar-refractivity contribution in [1.82, 2.24) is 15.1 Å². The average Bonchev–Trinajstić information content (AvgIpc) is 2.69. The molecule has 3 rings (SSSR count). The highest BCUT2D eigenvalue weighted by molar-refractivity contribution is 9.10. The number of hydrogen-bond donors (Lipinski definition) is 1. The molecule has 7 heteroatoms. The van der Waals surface area contributed by atoms with E-state index in [4.69, 9.17) is 9.73 Å². The lowest BCUT2D eigenvalue weighted by Gasteiger charge is -2.34. The maximum Gasteiger partial charge on any atom is 0.257 e. The number of halogens is 1. The Morgan fingerprint density at radius 1 is 1.07 bits per heavy atom. The zero-order chi connectivity index (χ0) is 19.2. The number of likely N-dealkylation sites (N-methyl/N-ethyl adjacent to an activating group) is 1. The van der Waals surface area contributed by atoms with Crippen LogP contribution in [0.15, 0.2) is 58.0 Å². The van der Waals surface area contributed by atoms with Gasteiger partial charge in [0.25, 0.3) is 5.91 Å². The number of methoxy groups -OCH3 is 1. The highest BCUT2D eigenvalue weighted by Gasteiger charge is 2.20. The Labute approximate surface area is 168 Å². The molecular weight excluding hydrogens is 408 g/mol. The minimum atomic E-state index is -0.185. The van der Waals surface area contributed by atoms with Crippen molar-refractivity contribution in [1.29, 1.82) is 0 Å². The summed E-state index contributed by atoms with van der Waals surface area (Å²) in [5.41, 5.74) is 1.27. The number of aliphatic imine (C=N–C) groups is 1. The van der Waals surface area contributed by atoms with Crippen LogP contribution >= 0.6 is 15.9 Å². The lowest BCUT2D eigenvalue weighted by molar-refractivity contribution is 0.0969. The van der Waals surface area contributed by atoms with Crippen molar-refractivity contribution in [2.24, 2.45) is 4.99 Å². The molecule has 0 aliphatic carbocycles. The molecule has 1 heterocycles. The van der Waals surface area contributed by atoms with Gasteiger partial charge in [-0.05, 0) is 43.4 Å². The average molecular weight is 431 g/mol. The summed E-state index contributed by atoms with van der Waals surface area (Å²) in [5.74, 6) is 1.03.